The number of aromatic nitrogens is 1. The molecule has 0 bridgehead atoms. The molecule has 0 aliphatic heterocycles. The standard InChI is InChI=1S/C12H20N2O2/c1-8-12(16-7-14-8)11(15)10(13)6-9-4-2-3-5-9/h7,9-11,15H,2-6,13H2,1H3. The van der Waals surface area contributed by atoms with Crippen LogP contribution in [0.4, 0.5) is 0 Å². The number of aliphatic hydroxyl groups excluding tert-OH is 1. The van der Waals surface area contributed by atoms with E-state index in [0.717, 1.165) is 12.1 Å². The Bertz CT molecular complexity index is 332. The van der Waals surface area contributed by atoms with E-state index in [4.69, 9.17) is 10.2 Å². The summed E-state index contributed by atoms with van der Waals surface area (Å²) in [5.74, 6) is 1.19. The maximum absolute atomic E-state index is 10.1. The summed E-state index contributed by atoms with van der Waals surface area (Å²) in [5.41, 5.74) is 6.75. The second-order valence-corrected chi connectivity index (χ2v) is 4.80. The lowest BCUT2D eigenvalue weighted by Gasteiger charge is -2.20. The summed E-state index contributed by atoms with van der Waals surface area (Å²) in [5, 5.41) is 10.1. The van der Waals surface area contributed by atoms with E-state index in [2.05, 4.69) is 4.98 Å². The number of nitrogens with zero attached hydrogens (tertiary/aromatic N) is 1. The van der Waals surface area contributed by atoms with Gasteiger partial charge in [0.25, 0.3) is 0 Å². The number of aryl methyl sites for hydroxylation is 1. The van der Waals surface area contributed by atoms with Crippen molar-refractivity contribution in [2.75, 3.05) is 0 Å². The minimum absolute atomic E-state index is 0.241. The first-order valence-electron chi connectivity index (χ1n) is 6.02. The van der Waals surface area contributed by atoms with Gasteiger partial charge < -0.3 is 15.3 Å². The zero-order valence-corrected chi connectivity index (χ0v) is 9.72. The first-order chi connectivity index (χ1) is 7.68. The second-order valence-electron chi connectivity index (χ2n) is 4.80. The molecule has 2 unspecified atom stereocenters. The van der Waals surface area contributed by atoms with Gasteiger partial charge >= 0.3 is 0 Å². The number of rotatable bonds is 4. The fourth-order valence-electron chi connectivity index (χ4n) is 2.55. The maximum atomic E-state index is 10.1. The fourth-order valence-corrected chi connectivity index (χ4v) is 2.55. The Morgan fingerprint density at radius 2 is 2.25 bits per heavy atom. The lowest BCUT2D eigenvalue weighted by Crippen LogP contribution is -2.30. The predicted octanol–water partition coefficient (Wildman–Crippen LogP) is 1.92. The third-order valence-corrected chi connectivity index (χ3v) is 3.54. The molecule has 1 heterocycles. The van der Waals surface area contributed by atoms with Crippen LogP contribution in [0.15, 0.2) is 10.8 Å². The minimum atomic E-state index is -0.719. The maximum Gasteiger partial charge on any atom is 0.181 e. The van der Waals surface area contributed by atoms with E-state index < -0.39 is 6.10 Å². The highest BCUT2D eigenvalue weighted by molar-refractivity contribution is 5.09. The Morgan fingerprint density at radius 1 is 1.56 bits per heavy atom. The quantitative estimate of drug-likeness (QED) is 0.819. The highest BCUT2D eigenvalue weighted by Gasteiger charge is 2.26. The van der Waals surface area contributed by atoms with Gasteiger partial charge in [0.2, 0.25) is 0 Å². The summed E-state index contributed by atoms with van der Waals surface area (Å²) < 4.78 is 5.17. The molecule has 0 spiro atoms. The van der Waals surface area contributed by atoms with Crippen molar-refractivity contribution in [3.8, 4) is 0 Å². The smallest absolute Gasteiger partial charge is 0.181 e. The van der Waals surface area contributed by atoms with E-state index in [9.17, 15) is 5.11 Å². The van der Waals surface area contributed by atoms with E-state index in [1.54, 1.807) is 0 Å². The highest BCUT2D eigenvalue weighted by atomic mass is 16.4. The number of aliphatic hydroxyl groups is 1. The van der Waals surface area contributed by atoms with Crippen molar-refractivity contribution in [2.24, 2.45) is 11.7 Å². The van der Waals surface area contributed by atoms with E-state index >= 15 is 0 Å². The molecule has 4 heteroatoms. The Hall–Kier alpha value is -0.870. The highest BCUT2D eigenvalue weighted by Crippen LogP contribution is 2.31. The monoisotopic (exact) mass is 224 g/mol. The van der Waals surface area contributed by atoms with Crippen LogP contribution in [0.1, 0.15) is 49.7 Å². The van der Waals surface area contributed by atoms with Gasteiger partial charge in [0.1, 0.15) is 6.10 Å². The molecule has 1 aromatic rings. The minimum Gasteiger partial charge on any atom is -0.445 e. The summed E-state index contributed by atoms with van der Waals surface area (Å²) in [4.78, 5) is 3.97. The van der Waals surface area contributed by atoms with Crippen LogP contribution in [0.25, 0.3) is 0 Å². The zero-order chi connectivity index (χ0) is 11.5. The van der Waals surface area contributed by atoms with Gasteiger partial charge in [-0.05, 0) is 19.3 Å². The van der Waals surface area contributed by atoms with Crippen LogP contribution < -0.4 is 5.73 Å². The number of hydrogen-bond donors (Lipinski definition) is 2. The average molecular weight is 224 g/mol. The molecule has 1 aliphatic rings. The van der Waals surface area contributed by atoms with Crippen LogP contribution in [-0.4, -0.2) is 16.1 Å². The molecule has 1 fully saturated rings. The molecule has 0 aromatic carbocycles. The summed E-state index contributed by atoms with van der Waals surface area (Å²) in [6.07, 6.45) is 6.61. The molecule has 3 N–H and O–H groups in total. The largest absolute Gasteiger partial charge is 0.445 e. The van der Waals surface area contributed by atoms with Crippen LogP contribution in [0, 0.1) is 12.8 Å². The summed E-state index contributed by atoms with van der Waals surface area (Å²) in [6.45, 7) is 1.82. The van der Waals surface area contributed by atoms with Crippen LogP contribution >= 0.6 is 0 Å². The van der Waals surface area contributed by atoms with Crippen LogP contribution in [0.5, 0.6) is 0 Å². The molecular weight excluding hydrogens is 204 g/mol. The molecule has 1 aromatic heterocycles. The van der Waals surface area contributed by atoms with Crippen molar-refractivity contribution >= 4 is 0 Å². The Labute approximate surface area is 95.9 Å². The topological polar surface area (TPSA) is 72.3 Å². The molecular formula is C12H20N2O2. The molecule has 4 nitrogen and oxygen atoms in total. The van der Waals surface area contributed by atoms with Gasteiger partial charge in [-0.15, -0.1) is 0 Å². The number of hydrogen-bond acceptors (Lipinski definition) is 4. The molecule has 0 amide bonds. The SMILES string of the molecule is Cc1ncoc1C(O)C(N)CC1CCCC1. The van der Waals surface area contributed by atoms with E-state index in [-0.39, 0.29) is 6.04 Å². The lowest BCUT2D eigenvalue weighted by atomic mass is 9.94. The Morgan fingerprint density at radius 3 is 2.81 bits per heavy atom. The third-order valence-electron chi connectivity index (χ3n) is 3.54. The van der Waals surface area contributed by atoms with Crippen LogP contribution in [-0.2, 0) is 0 Å². The fraction of sp³-hybridized carbons (Fsp3) is 0.750. The first-order valence-corrected chi connectivity index (χ1v) is 6.02. The molecule has 0 radical (unpaired) electrons. The molecule has 16 heavy (non-hydrogen) atoms. The van der Waals surface area contributed by atoms with Crippen molar-refractivity contribution < 1.29 is 9.52 Å². The van der Waals surface area contributed by atoms with Gasteiger partial charge in [-0.2, -0.15) is 0 Å². The normalized spacial score (nSPS) is 21.2. The summed E-state index contributed by atoms with van der Waals surface area (Å²) >= 11 is 0. The van der Waals surface area contributed by atoms with Crippen LogP contribution in [0.2, 0.25) is 0 Å². The number of nitrogens with two attached hydrogens (primary N) is 1. The average Bonchev–Trinajstić information content (AvgIpc) is 2.88. The van der Waals surface area contributed by atoms with Gasteiger partial charge in [0.15, 0.2) is 12.2 Å². The molecule has 2 rings (SSSR count). The van der Waals surface area contributed by atoms with E-state index in [0.29, 0.717) is 11.7 Å². The van der Waals surface area contributed by atoms with Crippen molar-refractivity contribution in [3.05, 3.63) is 17.8 Å². The predicted molar refractivity (Wildman–Crippen MR) is 60.8 cm³/mol. The van der Waals surface area contributed by atoms with Gasteiger partial charge in [-0.1, -0.05) is 25.7 Å². The molecule has 90 valence electrons. The van der Waals surface area contributed by atoms with Gasteiger partial charge in [0.05, 0.1) is 5.69 Å². The molecule has 1 saturated carbocycles. The molecule has 0 saturated heterocycles. The number of oxazole rings is 1. The first kappa shape index (κ1) is 11.6. The Balaban J connectivity index is 1.93. The zero-order valence-electron chi connectivity index (χ0n) is 9.72. The molecule has 2 atom stereocenters. The van der Waals surface area contributed by atoms with Crippen molar-refractivity contribution in [1.29, 1.82) is 0 Å². The third kappa shape index (κ3) is 2.44. The van der Waals surface area contributed by atoms with E-state index in [1.165, 1.54) is 32.1 Å². The van der Waals surface area contributed by atoms with E-state index in [1.807, 2.05) is 6.92 Å². The van der Waals surface area contributed by atoms with Crippen molar-refractivity contribution in [2.45, 2.75) is 51.2 Å². The molecule has 1 aliphatic carbocycles. The van der Waals surface area contributed by atoms with Crippen molar-refractivity contribution in [1.82, 2.24) is 4.98 Å². The lowest BCUT2D eigenvalue weighted by molar-refractivity contribution is 0.109. The van der Waals surface area contributed by atoms with Gasteiger partial charge in [-0.3, -0.25) is 0 Å². The van der Waals surface area contributed by atoms with Crippen LogP contribution in [0.3, 0.4) is 0 Å². The Kier molecular flexibility index (Phi) is 3.61. The van der Waals surface area contributed by atoms with Gasteiger partial charge in [0, 0.05) is 6.04 Å². The van der Waals surface area contributed by atoms with Gasteiger partial charge in [-0.25, -0.2) is 4.98 Å². The second kappa shape index (κ2) is 4.97. The van der Waals surface area contributed by atoms with Crippen molar-refractivity contribution in [3.63, 3.8) is 0 Å². The summed E-state index contributed by atoms with van der Waals surface area (Å²) in [6, 6.07) is -0.241. The summed E-state index contributed by atoms with van der Waals surface area (Å²) in [7, 11) is 0.